The second-order valence-electron chi connectivity index (χ2n) is 11.3. The normalized spacial score (nSPS) is 24.0. The number of pyridine rings is 1. The van der Waals surface area contributed by atoms with E-state index in [0.29, 0.717) is 23.0 Å². The molecule has 37 heavy (non-hydrogen) atoms. The second kappa shape index (κ2) is 8.58. The first-order valence-electron chi connectivity index (χ1n) is 12.4. The lowest BCUT2D eigenvalue weighted by atomic mass is 10.0. The number of likely N-dealkylation sites (tertiary alicyclic amines) is 1. The second-order valence-corrected chi connectivity index (χ2v) is 13.1. The molecule has 10 heteroatoms. The molecule has 1 aliphatic heterocycles. The van der Waals surface area contributed by atoms with Crippen LogP contribution in [-0.4, -0.2) is 52.0 Å². The first kappa shape index (κ1) is 25.3. The topological polar surface area (TPSA) is 111 Å². The zero-order valence-electron chi connectivity index (χ0n) is 21.6. The van der Waals surface area contributed by atoms with Crippen LogP contribution >= 0.6 is 0 Å². The number of benzene rings is 1. The van der Waals surface area contributed by atoms with Crippen LogP contribution in [-0.2, 0) is 19.6 Å². The molecule has 9 nitrogen and oxygen atoms in total. The summed E-state index contributed by atoms with van der Waals surface area (Å²) in [6.07, 6.45) is 4.00. The highest BCUT2D eigenvalue weighted by molar-refractivity contribution is 7.90. The zero-order chi connectivity index (χ0) is 26.8. The predicted molar refractivity (Wildman–Crippen MR) is 138 cm³/mol. The third-order valence-corrected chi connectivity index (χ3v) is 8.97. The summed E-state index contributed by atoms with van der Waals surface area (Å²) in [4.78, 5) is 32.4. The van der Waals surface area contributed by atoms with Gasteiger partial charge < -0.3 is 10.1 Å². The zero-order valence-corrected chi connectivity index (χ0v) is 22.5. The Bertz CT molecular complexity index is 1480. The van der Waals surface area contributed by atoms with Crippen LogP contribution in [0.2, 0.25) is 0 Å². The molecule has 2 aliphatic rings. The Kier molecular flexibility index (Phi) is 5.86. The molecule has 0 radical (unpaired) electrons. The Hall–Kier alpha value is -3.40. The molecule has 0 spiro atoms. The van der Waals surface area contributed by atoms with Gasteiger partial charge in [0.15, 0.2) is 0 Å². The van der Waals surface area contributed by atoms with Crippen LogP contribution in [0.25, 0.3) is 10.9 Å². The molecule has 3 heterocycles. The Morgan fingerprint density at radius 3 is 2.54 bits per heavy atom. The van der Waals surface area contributed by atoms with Crippen LogP contribution in [0.1, 0.15) is 59.2 Å². The molecule has 1 aliphatic carbocycles. The first-order chi connectivity index (χ1) is 17.3. The highest BCUT2D eigenvalue weighted by atomic mass is 32.2. The third-order valence-electron chi connectivity index (χ3n) is 7.21. The molecule has 3 aromatic rings. The molecule has 2 aromatic heterocycles. The predicted octanol–water partition coefficient (Wildman–Crippen LogP) is 4.24. The van der Waals surface area contributed by atoms with Gasteiger partial charge in [0.25, 0.3) is 10.0 Å². The van der Waals surface area contributed by atoms with Gasteiger partial charge in [-0.3, -0.25) is 14.7 Å². The van der Waals surface area contributed by atoms with Crippen molar-refractivity contribution in [3.63, 3.8) is 0 Å². The Morgan fingerprint density at radius 2 is 1.86 bits per heavy atom. The summed E-state index contributed by atoms with van der Waals surface area (Å²) in [5.74, 6) is -0.334. The van der Waals surface area contributed by atoms with Crippen molar-refractivity contribution in [1.29, 1.82) is 0 Å². The Labute approximate surface area is 216 Å². The number of nitrogens with one attached hydrogen (secondary N) is 1. The van der Waals surface area contributed by atoms with Gasteiger partial charge in [0.2, 0.25) is 5.91 Å². The average Bonchev–Trinajstić information content (AvgIpc) is 3.19. The number of hydrogen-bond donors (Lipinski definition) is 1. The maximum atomic E-state index is 13.7. The van der Waals surface area contributed by atoms with Crippen LogP contribution in [0.3, 0.4) is 0 Å². The van der Waals surface area contributed by atoms with Gasteiger partial charge >= 0.3 is 6.09 Å². The fourth-order valence-corrected chi connectivity index (χ4v) is 6.91. The van der Waals surface area contributed by atoms with Crippen LogP contribution in [0.5, 0.6) is 0 Å². The molecular weight excluding hydrogens is 492 g/mol. The highest BCUT2D eigenvalue weighted by Gasteiger charge is 2.65. The van der Waals surface area contributed by atoms with Gasteiger partial charge in [-0.15, -0.1) is 0 Å². The van der Waals surface area contributed by atoms with Crippen molar-refractivity contribution in [1.82, 2.24) is 19.2 Å². The van der Waals surface area contributed by atoms with Crippen LogP contribution in [0.4, 0.5) is 4.79 Å². The van der Waals surface area contributed by atoms with Gasteiger partial charge in [0.05, 0.1) is 22.1 Å². The lowest BCUT2D eigenvalue weighted by molar-refractivity contribution is -0.126. The van der Waals surface area contributed by atoms with Crippen molar-refractivity contribution in [2.45, 2.75) is 76.1 Å². The van der Waals surface area contributed by atoms with Crippen molar-refractivity contribution in [2.24, 2.45) is 5.41 Å². The summed E-state index contributed by atoms with van der Waals surface area (Å²) in [6.45, 7) is 9.20. The molecular formula is C27H32N4O5S. The summed E-state index contributed by atoms with van der Waals surface area (Å²) in [7, 11) is -3.96. The summed E-state index contributed by atoms with van der Waals surface area (Å²) >= 11 is 0. The van der Waals surface area contributed by atoms with Crippen molar-refractivity contribution in [2.75, 3.05) is 0 Å². The van der Waals surface area contributed by atoms with E-state index in [-0.39, 0.29) is 22.3 Å². The lowest BCUT2D eigenvalue weighted by Crippen LogP contribution is -2.50. The molecule has 1 saturated carbocycles. The van der Waals surface area contributed by atoms with Gasteiger partial charge in [0, 0.05) is 23.8 Å². The van der Waals surface area contributed by atoms with E-state index in [2.05, 4.69) is 17.2 Å². The van der Waals surface area contributed by atoms with E-state index in [1.807, 2.05) is 0 Å². The maximum absolute atomic E-state index is 13.7. The van der Waals surface area contributed by atoms with Gasteiger partial charge in [0.1, 0.15) is 11.6 Å². The summed E-state index contributed by atoms with van der Waals surface area (Å²) in [5, 5.41) is 3.62. The minimum atomic E-state index is -3.96. The average molecular weight is 525 g/mol. The van der Waals surface area contributed by atoms with E-state index in [1.165, 1.54) is 10.2 Å². The molecule has 1 N–H and O–H groups in total. The van der Waals surface area contributed by atoms with Crippen molar-refractivity contribution < 1.29 is 22.7 Å². The van der Waals surface area contributed by atoms with E-state index in [0.717, 1.165) is 6.42 Å². The van der Waals surface area contributed by atoms with Crippen molar-refractivity contribution in [3.05, 3.63) is 60.6 Å². The first-order valence-corrected chi connectivity index (χ1v) is 13.8. The molecule has 2 fully saturated rings. The number of fused-ring (bicyclic) bond motifs is 2. The van der Waals surface area contributed by atoms with Crippen LogP contribution in [0, 0.1) is 5.41 Å². The number of piperidine rings is 1. The molecule has 5 rings (SSSR count). The summed E-state index contributed by atoms with van der Waals surface area (Å²) in [5.41, 5.74) is 0.0812. The standard InChI is InChI=1S/C27H32N4O5S/c1-17(29-24(32)22-14-27(5)15-23(27)30(22)25(33)36-26(2,3)4)21-13-18-16-28-12-11-20(18)31(21)37(34,35)19-9-7-6-8-10-19/h6-13,16-17,22-23H,14-15H2,1-5H3,(H,29,32)/t17-,22+,23+,27-/m1/s1. The number of amides is 2. The number of rotatable bonds is 5. The molecule has 196 valence electrons. The number of aromatic nitrogens is 2. The minimum absolute atomic E-state index is 0.0376. The van der Waals surface area contributed by atoms with Gasteiger partial charge in [-0.05, 0) is 70.2 Å². The fraction of sp³-hybridized carbons (Fsp3) is 0.444. The number of carbonyl (C=O) groups excluding carboxylic acids is 2. The lowest BCUT2D eigenvalue weighted by Gasteiger charge is -2.30. The fourth-order valence-electron chi connectivity index (χ4n) is 5.28. The minimum Gasteiger partial charge on any atom is -0.444 e. The van der Waals surface area contributed by atoms with Crippen LogP contribution < -0.4 is 5.32 Å². The van der Waals surface area contributed by atoms with Crippen LogP contribution in [0.15, 0.2) is 59.8 Å². The number of carbonyl (C=O) groups is 2. The van der Waals surface area contributed by atoms with E-state index in [9.17, 15) is 18.0 Å². The molecule has 1 saturated heterocycles. The van der Waals surface area contributed by atoms with Gasteiger partial charge in [-0.1, -0.05) is 25.1 Å². The maximum Gasteiger partial charge on any atom is 0.411 e. The largest absolute Gasteiger partial charge is 0.444 e. The van der Waals surface area contributed by atoms with Crippen molar-refractivity contribution in [3.8, 4) is 0 Å². The summed E-state index contributed by atoms with van der Waals surface area (Å²) < 4.78 is 34.3. The molecule has 0 unspecified atom stereocenters. The van der Waals surface area contributed by atoms with Gasteiger partial charge in [-0.2, -0.15) is 0 Å². The van der Waals surface area contributed by atoms with E-state index in [4.69, 9.17) is 4.74 Å². The Balaban J connectivity index is 1.46. The smallest absolute Gasteiger partial charge is 0.411 e. The van der Waals surface area contributed by atoms with Crippen molar-refractivity contribution >= 4 is 32.9 Å². The van der Waals surface area contributed by atoms with E-state index < -0.39 is 33.8 Å². The number of ether oxygens (including phenoxy) is 1. The highest BCUT2D eigenvalue weighted by Crippen LogP contribution is 2.59. The quantitative estimate of drug-likeness (QED) is 0.535. The van der Waals surface area contributed by atoms with E-state index >= 15 is 0 Å². The number of nitrogens with zero attached hydrogens (tertiary/aromatic N) is 3. The Morgan fingerprint density at radius 1 is 1.16 bits per heavy atom. The third kappa shape index (κ3) is 4.47. The van der Waals surface area contributed by atoms with E-state index in [1.54, 1.807) is 81.3 Å². The van der Waals surface area contributed by atoms with Gasteiger partial charge in [-0.25, -0.2) is 17.2 Å². The number of hydrogen-bond acceptors (Lipinski definition) is 6. The summed E-state index contributed by atoms with van der Waals surface area (Å²) in [6, 6.07) is 10.2. The molecule has 0 bridgehead atoms. The SMILES string of the molecule is C[C@@H](NC(=O)[C@@H]1C[C@]2(C)C[C@@H]2N1C(=O)OC(C)(C)C)c1cc2cnccc2n1S(=O)(=O)c1ccccc1. The monoisotopic (exact) mass is 524 g/mol. The molecule has 2 amide bonds. The molecule has 4 atom stereocenters. The molecule has 1 aromatic carbocycles.